The predicted octanol–water partition coefficient (Wildman–Crippen LogP) is 3.90. The Hall–Kier alpha value is -3.01. The molecule has 0 radical (unpaired) electrons. The third-order valence-corrected chi connectivity index (χ3v) is 3.63. The molecule has 2 N–H and O–H groups in total. The van der Waals surface area contributed by atoms with Gasteiger partial charge in [0.15, 0.2) is 5.69 Å². The molecule has 0 fully saturated rings. The van der Waals surface area contributed by atoms with Crippen molar-refractivity contribution in [2.45, 2.75) is 6.92 Å². The van der Waals surface area contributed by atoms with E-state index < -0.39 is 5.97 Å². The Morgan fingerprint density at radius 3 is 2.26 bits per heavy atom. The first-order valence-corrected chi connectivity index (χ1v) is 7.51. The summed E-state index contributed by atoms with van der Waals surface area (Å²) >= 11 is 0. The lowest BCUT2D eigenvalue weighted by atomic mass is 10.1. The highest BCUT2D eigenvalue weighted by molar-refractivity contribution is 5.99. The summed E-state index contributed by atoms with van der Waals surface area (Å²) in [5, 5.41) is 0. The van der Waals surface area contributed by atoms with E-state index in [-0.39, 0.29) is 0 Å². The van der Waals surface area contributed by atoms with Gasteiger partial charge in [-0.2, -0.15) is 0 Å². The zero-order valence-electron chi connectivity index (χ0n) is 12.9. The standard InChI is InChI=1S/C19H18N2O2/c1-2-23-19(22)18-17(20)16(14-9-5-3-6-10-14)13-21(18)15-11-7-4-8-12-15/h3-13H,2,20H2,1H3. The van der Waals surface area contributed by atoms with Gasteiger partial charge in [0, 0.05) is 17.4 Å². The van der Waals surface area contributed by atoms with Crippen molar-refractivity contribution in [2.24, 2.45) is 0 Å². The van der Waals surface area contributed by atoms with E-state index >= 15 is 0 Å². The number of nitrogen functional groups attached to an aromatic ring is 1. The summed E-state index contributed by atoms with van der Waals surface area (Å²) in [4.78, 5) is 12.4. The summed E-state index contributed by atoms with van der Waals surface area (Å²) in [6.45, 7) is 2.08. The topological polar surface area (TPSA) is 57.2 Å². The lowest BCUT2D eigenvalue weighted by Gasteiger charge is -2.09. The van der Waals surface area contributed by atoms with Crippen LogP contribution in [-0.2, 0) is 4.74 Å². The van der Waals surface area contributed by atoms with Crippen molar-refractivity contribution in [1.29, 1.82) is 0 Å². The van der Waals surface area contributed by atoms with Crippen molar-refractivity contribution in [2.75, 3.05) is 12.3 Å². The van der Waals surface area contributed by atoms with Crippen molar-refractivity contribution >= 4 is 11.7 Å². The van der Waals surface area contributed by atoms with Crippen molar-refractivity contribution < 1.29 is 9.53 Å². The molecule has 0 spiro atoms. The molecule has 116 valence electrons. The number of anilines is 1. The summed E-state index contributed by atoms with van der Waals surface area (Å²) in [5.74, 6) is -0.420. The number of rotatable bonds is 4. The van der Waals surface area contributed by atoms with Gasteiger partial charge in [-0.25, -0.2) is 4.79 Å². The quantitative estimate of drug-likeness (QED) is 0.744. The fraction of sp³-hybridized carbons (Fsp3) is 0.105. The van der Waals surface area contributed by atoms with E-state index in [2.05, 4.69) is 0 Å². The van der Waals surface area contributed by atoms with Crippen LogP contribution < -0.4 is 5.73 Å². The molecule has 3 rings (SSSR count). The SMILES string of the molecule is CCOC(=O)c1c(N)c(-c2ccccc2)cn1-c1ccccc1. The van der Waals surface area contributed by atoms with E-state index in [0.29, 0.717) is 18.0 Å². The minimum atomic E-state index is -0.420. The Bertz CT molecular complexity index is 808. The molecule has 2 aromatic carbocycles. The second-order valence-corrected chi connectivity index (χ2v) is 5.10. The Kier molecular flexibility index (Phi) is 4.15. The summed E-state index contributed by atoms with van der Waals surface area (Å²) in [7, 11) is 0. The van der Waals surface area contributed by atoms with E-state index in [1.807, 2.05) is 66.9 Å². The number of aromatic nitrogens is 1. The van der Waals surface area contributed by atoms with E-state index in [1.54, 1.807) is 11.5 Å². The number of nitrogens with zero attached hydrogens (tertiary/aromatic N) is 1. The van der Waals surface area contributed by atoms with Gasteiger partial charge in [0.2, 0.25) is 0 Å². The van der Waals surface area contributed by atoms with Crippen LogP contribution in [0.4, 0.5) is 5.69 Å². The number of hydrogen-bond acceptors (Lipinski definition) is 3. The van der Waals surface area contributed by atoms with Crippen LogP contribution in [0.25, 0.3) is 16.8 Å². The normalized spacial score (nSPS) is 10.5. The van der Waals surface area contributed by atoms with Gasteiger partial charge < -0.3 is 15.0 Å². The first-order chi connectivity index (χ1) is 11.2. The van der Waals surface area contributed by atoms with Gasteiger partial charge in [0.1, 0.15) is 0 Å². The number of carbonyl (C=O) groups is 1. The smallest absolute Gasteiger partial charge is 0.357 e. The second-order valence-electron chi connectivity index (χ2n) is 5.10. The highest BCUT2D eigenvalue weighted by Crippen LogP contribution is 2.33. The van der Waals surface area contributed by atoms with E-state index in [9.17, 15) is 4.79 Å². The van der Waals surface area contributed by atoms with Gasteiger partial charge in [0.25, 0.3) is 0 Å². The molecule has 0 aliphatic carbocycles. The van der Waals surface area contributed by atoms with Crippen LogP contribution in [0.15, 0.2) is 66.9 Å². The Balaban J connectivity index is 2.20. The van der Waals surface area contributed by atoms with E-state index in [4.69, 9.17) is 10.5 Å². The molecule has 1 aromatic heterocycles. The van der Waals surface area contributed by atoms with Gasteiger partial charge in [0.05, 0.1) is 12.3 Å². The molecule has 0 aliphatic heterocycles. The molecule has 0 aliphatic rings. The molecular formula is C19H18N2O2. The molecule has 4 nitrogen and oxygen atoms in total. The molecule has 0 saturated heterocycles. The highest BCUT2D eigenvalue weighted by Gasteiger charge is 2.22. The van der Waals surface area contributed by atoms with Crippen LogP contribution in [0.5, 0.6) is 0 Å². The molecule has 3 aromatic rings. The number of hydrogen-bond donors (Lipinski definition) is 1. The van der Waals surface area contributed by atoms with Crippen molar-refractivity contribution in [3.05, 3.63) is 72.6 Å². The largest absolute Gasteiger partial charge is 0.461 e. The van der Waals surface area contributed by atoms with Crippen molar-refractivity contribution in [1.82, 2.24) is 4.57 Å². The lowest BCUT2D eigenvalue weighted by molar-refractivity contribution is 0.0518. The second kappa shape index (κ2) is 6.40. The average Bonchev–Trinajstić information content (AvgIpc) is 2.94. The first kappa shape index (κ1) is 14.9. The maximum Gasteiger partial charge on any atom is 0.357 e. The first-order valence-electron chi connectivity index (χ1n) is 7.51. The highest BCUT2D eigenvalue weighted by atomic mass is 16.5. The summed E-state index contributed by atoms with van der Waals surface area (Å²) < 4.78 is 6.97. The molecule has 0 amide bonds. The van der Waals surface area contributed by atoms with Crippen molar-refractivity contribution in [3.63, 3.8) is 0 Å². The molecule has 0 saturated carbocycles. The summed E-state index contributed by atoms with van der Waals surface area (Å²) in [6.07, 6.45) is 1.88. The molecule has 0 atom stereocenters. The molecular weight excluding hydrogens is 288 g/mol. The van der Waals surface area contributed by atoms with Crippen LogP contribution in [0.3, 0.4) is 0 Å². The molecule has 0 bridgehead atoms. The van der Waals surface area contributed by atoms with Gasteiger partial charge in [-0.3, -0.25) is 0 Å². The van der Waals surface area contributed by atoms with E-state index in [0.717, 1.165) is 16.8 Å². The number of carbonyl (C=O) groups excluding carboxylic acids is 1. The molecule has 0 unspecified atom stereocenters. The number of para-hydroxylation sites is 1. The van der Waals surface area contributed by atoms with E-state index in [1.165, 1.54) is 0 Å². The van der Waals surface area contributed by atoms with Gasteiger partial charge in [-0.15, -0.1) is 0 Å². The fourth-order valence-corrected chi connectivity index (χ4v) is 2.57. The molecule has 4 heteroatoms. The number of ether oxygens (including phenoxy) is 1. The third kappa shape index (κ3) is 2.83. The molecule has 1 heterocycles. The number of benzene rings is 2. The van der Waals surface area contributed by atoms with Crippen LogP contribution in [0.2, 0.25) is 0 Å². The summed E-state index contributed by atoms with van der Waals surface area (Å²) in [6, 6.07) is 19.4. The Labute approximate surface area is 135 Å². The Morgan fingerprint density at radius 2 is 1.65 bits per heavy atom. The third-order valence-electron chi connectivity index (χ3n) is 3.63. The molecule has 23 heavy (non-hydrogen) atoms. The average molecular weight is 306 g/mol. The minimum absolute atomic E-state index is 0.304. The van der Waals surface area contributed by atoms with Gasteiger partial charge >= 0.3 is 5.97 Å². The van der Waals surface area contributed by atoms with Crippen LogP contribution in [0.1, 0.15) is 17.4 Å². The zero-order chi connectivity index (χ0) is 16.2. The predicted molar refractivity (Wildman–Crippen MR) is 91.6 cm³/mol. The van der Waals surface area contributed by atoms with Crippen LogP contribution >= 0.6 is 0 Å². The van der Waals surface area contributed by atoms with Gasteiger partial charge in [-0.05, 0) is 24.6 Å². The lowest BCUT2D eigenvalue weighted by Crippen LogP contribution is -2.12. The van der Waals surface area contributed by atoms with Gasteiger partial charge in [-0.1, -0.05) is 48.5 Å². The van der Waals surface area contributed by atoms with Crippen molar-refractivity contribution in [3.8, 4) is 16.8 Å². The van der Waals surface area contributed by atoms with Crippen LogP contribution in [0, 0.1) is 0 Å². The zero-order valence-corrected chi connectivity index (χ0v) is 12.9. The fourth-order valence-electron chi connectivity index (χ4n) is 2.57. The number of nitrogens with two attached hydrogens (primary N) is 1. The monoisotopic (exact) mass is 306 g/mol. The Morgan fingerprint density at radius 1 is 1.04 bits per heavy atom. The van der Waals surface area contributed by atoms with Crippen LogP contribution in [-0.4, -0.2) is 17.1 Å². The summed E-state index contributed by atoms with van der Waals surface area (Å²) in [5.41, 5.74) is 9.72. The number of esters is 1. The minimum Gasteiger partial charge on any atom is -0.461 e. The maximum absolute atomic E-state index is 12.4. The maximum atomic E-state index is 12.4.